The van der Waals surface area contributed by atoms with E-state index in [2.05, 4.69) is 90.1 Å². The van der Waals surface area contributed by atoms with Crippen molar-refractivity contribution in [2.75, 3.05) is 0 Å². The number of benzene rings is 2. The van der Waals surface area contributed by atoms with Crippen molar-refractivity contribution in [2.45, 2.75) is 330 Å². The summed E-state index contributed by atoms with van der Waals surface area (Å²) >= 11 is 0. The Morgan fingerprint density at radius 2 is 0.586 bits per heavy atom. The van der Waals surface area contributed by atoms with Crippen molar-refractivity contribution >= 4 is 22.8 Å². The zero-order chi connectivity index (χ0) is 49.5. The van der Waals surface area contributed by atoms with E-state index in [1.165, 1.54) is 278 Å². The van der Waals surface area contributed by atoms with E-state index in [1.54, 1.807) is 0 Å². The maximum absolute atomic E-state index is 5.62. The van der Waals surface area contributed by atoms with E-state index in [0.717, 1.165) is 55.6 Å². The zero-order valence-electron chi connectivity index (χ0n) is 47.6. The van der Waals surface area contributed by atoms with Crippen LogP contribution in [0.4, 0.5) is 11.4 Å². The van der Waals surface area contributed by atoms with Gasteiger partial charge in [-0.05, 0) is 130 Å². The SMILES string of the molecule is CCCCCCCCCCCCCCCCCCCCCCCCCCC/C=C/C(=N\c1cc(CCCC)cc(CCCC)c1)C(/CCCCCCCC)=N/c1cc(CCCC)cc(CCCC)c1.[Ni]. The van der Waals surface area contributed by atoms with Crippen LogP contribution in [-0.4, -0.2) is 11.4 Å². The molecule has 2 aromatic carbocycles. The molecule has 0 N–H and O–H groups in total. The Labute approximate surface area is 448 Å². The number of hydrogen-bond donors (Lipinski definition) is 0. The minimum absolute atomic E-state index is 0. The van der Waals surface area contributed by atoms with Gasteiger partial charge >= 0.3 is 0 Å². The van der Waals surface area contributed by atoms with E-state index in [4.69, 9.17) is 9.98 Å². The Bertz CT molecular complexity index is 1500. The van der Waals surface area contributed by atoms with Crippen LogP contribution in [0, 0.1) is 0 Å². The number of aliphatic imine (C=N–C) groups is 2. The fraction of sp³-hybridized carbons (Fsp3) is 0.761. The minimum atomic E-state index is 0. The third-order valence-electron chi connectivity index (χ3n) is 14.7. The van der Waals surface area contributed by atoms with Gasteiger partial charge in [0.1, 0.15) is 0 Å². The van der Waals surface area contributed by atoms with Gasteiger partial charge in [-0.3, -0.25) is 4.99 Å². The maximum Gasteiger partial charge on any atom is 0.0848 e. The molecule has 70 heavy (non-hydrogen) atoms. The Balaban J connectivity index is 0.0000245. The molecule has 0 atom stereocenters. The molecule has 2 rings (SSSR count). The van der Waals surface area contributed by atoms with Crippen LogP contribution < -0.4 is 0 Å². The molecule has 0 aromatic heterocycles. The first-order chi connectivity index (χ1) is 34.1. The maximum atomic E-state index is 5.62. The van der Waals surface area contributed by atoms with Gasteiger partial charge in [-0.15, -0.1) is 0 Å². The van der Waals surface area contributed by atoms with Crippen molar-refractivity contribution in [2.24, 2.45) is 9.98 Å². The van der Waals surface area contributed by atoms with Crippen LogP contribution in [0.2, 0.25) is 0 Å². The normalized spacial score (nSPS) is 12.1. The summed E-state index contributed by atoms with van der Waals surface area (Å²) in [7, 11) is 0. The molecule has 404 valence electrons. The topological polar surface area (TPSA) is 24.7 Å². The Kier molecular flexibility index (Phi) is 46.4. The largest absolute Gasteiger partial charge is 0.251 e. The molecule has 0 aliphatic rings. The Morgan fingerprint density at radius 3 is 0.900 bits per heavy atom. The first kappa shape index (κ1) is 66.0. The molecule has 3 heteroatoms. The van der Waals surface area contributed by atoms with Crippen molar-refractivity contribution in [1.82, 2.24) is 0 Å². The van der Waals surface area contributed by atoms with Crippen LogP contribution in [0.15, 0.2) is 58.5 Å². The van der Waals surface area contributed by atoms with Gasteiger partial charge in [-0.2, -0.15) is 0 Å². The second kappa shape index (κ2) is 49.2. The second-order valence-electron chi connectivity index (χ2n) is 21.7. The molecule has 2 nitrogen and oxygen atoms in total. The van der Waals surface area contributed by atoms with E-state index in [9.17, 15) is 0 Å². The fourth-order valence-electron chi connectivity index (χ4n) is 10.1. The van der Waals surface area contributed by atoms with Crippen LogP contribution >= 0.6 is 0 Å². The quantitative estimate of drug-likeness (QED) is 0.0359. The summed E-state index contributed by atoms with van der Waals surface area (Å²) < 4.78 is 0. The molecule has 0 bridgehead atoms. The van der Waals surface area contributed by atoms with Gasteiger partial charge in [0.05, 0.1) is 22.8 Å². The van der Waals surface area contributed by atoms with Gasteiger partial charge < -0.3 is 0 Å². The third kappa shape index (κ3) is 36.9. The summed E-state index contributed by atoms with van der Waals surface area (Å²) in [4.78, 5) is 11.2. The number of hydrogen-bond acceptors (Lipinski definition) is 2. The Morgan fingerprint density at radius 1 is 0.314 bits per heavy atom. The average molecular weight is 1010 g/mol. The predicted molar refractivity (Wildman–Crippen MR) is 314 cm³/mol. The molecule has 0 aliphatic carbocycles. The molecule has 0 amide bonds. The average Bonchev–Trinajstić information content (AvgIpc) is 3.36. The number of allylic oxidation sites excluding steroid dienone is 2. The summed E-state index contributed by atoms with van der Waals surface area (Å²) in [5, 5.41) is 0. The van der Waals surface area contributed by atoms with E-state index >= 15 is 0 Å². The summed E-state index contributed by atoms with van der Waals surface area (Å²) in [5.74, 6) is 0. The van der Waals surface area contributed by atoms with E-state index in [-0.39, 0.29) is 16.5 Å². The summed E-state index contributed by atoms with van der Waals surface area (Å²) in [6.07, 6.45) is 64.9. The van der Waals surface area contributed by atoms with Gasteiger partial charge in [-0.1, -0.05) is 272 Å². The molecular weight excluding hydrogens is 891 g/mol. The molecule has 0 fully saturated rings. The van der Waals surface area contributed by atoms with Crippen molar-refractivity contribution in [3.63, 3.8) is 0 Å². The van der Waals surface area contributed by atoms with Crippen molar-refractivity contribution in [1.29, 1.82) is 0 Å². The summed E-state index contributed by atoms with van der Waals surface area (Å²) in [6.45, 7) is 13.9. The van der Waals surface area contributed by atoms with E-state index in [0.29, 0.717) is 0 Å². The van der Waals surface area contributed by atoms with E-state index < -0.39 is 0 Å². The van der Waals surface area contributed by atoms with Gasteiger partial charge in [-0.25, -0.2) is 4.99 Å². The third-order valence-corrected chi connectivity index (χ3v) is 14.7. The van der Waals surface area contributed by atoms with Crippen molar-refractivity contribution in [3.8, 4) is 0 Å². The zero-order valence-corrected chi connectivity index (χ0v) is 48.6. The molecule has 0 heterocycles. The molecule has 0 radical (unpaired) electrons. The van der Waals surface area contributed by atoms with Gasteiger partial charge in [0, 0.05) is 16.5 Å². The Hall–Kier alpha value is -1.99. The van der Waals surface area contributed by atoms with E-state index in [1.807, 2.05) is 0 Å². The molecule has 0 unspecified atom stereocenters. The van der Waals surface area contributed by atoms with Gasteiger partial charge in [0.15, 0.2) is 0 Å². The van der Waals surface area contributed by atoms with Crippen LogP contribution in [0.25, 0.3) is 0 Å². The number of nitrogens with zero attached hydrogens (tertiary/aromatic N) is 2. The molecular formula is C67H116N2Ni. The number of unbranched alkanes of at least 4 members (excludes halogenated alkanes) is 34. The molecule has 0 saturated heterocycles. The van der Waals surface area contributed by atoms with Crippen LogP contribution in [0.5, 0.6) is 0 Å². The van der Waals surface area contributed by atoms with Crippen molar-refractivity contribution in [3.05, 3.63) is 70.8 Å². The molecule has 0 aliphatic heterocycles. The standard InChI is InChI=1S/C67H116N2.Ni/c1-7-13-19-21-23-24-25-26-27-28-29-30-31-32-33-34-35-36-37-38-39-40-41-42-43-45-47-53-67(69-65-58-62(50-17-11-5)55-63(59-65)51-18-12-6)66(52-46-44-22-20-14-8-2)68-64-56-60(48-15-9-3)54-61(57-64)49-16-10-4;/h47,53-59H,7-46,48-52H2,1-6H3;/b53-47+,68-66+,69-67+;. The summed E-state index contributed by atoms with van der Waals surface area (Å²) in [5.41, 5.74) is 10.3. The molecule has 0 saturated carbocycles. The predicted octanol–water partition coefficient (Wildman–Crippen LogP) is 23.4. The number of rotatable bonds is 49. The smallest absolute Gasteiger partial charge is 0.0848 e. The monoisotopic (exact) mass is 1010 g/mol. The molecule has 2 aromatic rings. The van der Waals surface area contributed by atoms with Crippen molar-refractivity contribution < 1.29 is 16.5 Å². The second-order valence-corrected chi connectivity index (χ2v) is 21.7. The first-order valence-corrected chi connectivity index (χ1v) is 31.1. The minimum Gasteiger partial charge on any atom is -0.251 e. The van der Waals surface area contributed by atoms with Crippen LogP contribution in [-0.2, 0) is 42.2 Å². The van der Waals surface area contributed by atoms with Gasteiger partial charge in [0.2, 0.25) is 0 Å². The van der Waals surface area contributed by atoms with Gasteiger partial charge in [0.25, 0.3) is 0 Å². The van der Waals surface area contributed by atoms with Crippen LogP contribution in [0.3, 0.4) is 0 Å². The fourth-order valence-corrected chi connectivity index (χ4v) is 10.1. The van der Waals surface area contributed by atoms with Crippen LogP contribution in [0.1, 0.15) is 327 Å². The summed E-state index contributed by atoms with van der Waals surface area (Å²) in [6, 6.07) is 14.5. The first-order valence-electron chi connectivity index (χ1n) is 31.1. The number of aryl methyl sites for hydroxylation is 4. The molecule has 0 spiro atoms.